The van der Waals surface area contributed by atoms with Crippen molar-refractivity contribution in [3.05, 3.63) is 29.3 Å². The van der Waals surface area contributed by atoms with Crippen LogP contribution in [0.15, 0.2) is 18.2 Å². The van der Waals surface area contributed by atoms with Crippen LogP contribution in [0.25, 0.3) is 0 Å². The zero-order valence-corrected chi connectivity index (χ0v) is 10.1. The van der Waals surface area contributed by atoms with Gasteiger partial charge >= 0.3 is 5.97 Å². The summed E-state index contributed by atoms with van der Waals surface area (Å²) in [6.45, 7) is 1.86. The molecule has 1 N–H and O–H groups in total. The molecule has 0 aliphatic carbocycles. The van der Waals surface area contributed by atoms with Gasteiger partial charge in [0.05, 0.1) is 6.10 Å². The summed E-state index contributed by atoms with van der Waals surface area (Å²) in [4.78, 5) is 11.1. The Balaban J connectivity index is 3.03. The molecule has 0 saturated carbocycles. The van der Waals surface area contributed by atoms with Crippen LogP contribution >= 0.6 is 0 Å². The fourth-order valence-corrected chi connectivity index (χ4v) is 1.35. The summed E-state index contributed by atoms with van der Waals surface area (Å²) < 4.78 is 15.0. The van der Waals surface area contributed by atoms with Gasteiger partial charge in [-0.25, -0.2) is 4.79 Å². The molecule has 0 aromatic heterocycles. The zero-order chi connectivity index (χ0) is 12.8. The van der Waals surface area contributed by atoms with Crippen molar-refractivity contribution >= 4 is 5.97 Å². The van der Waals surface area contributed by atoms with Crippen LogP contribution in [-0.4, -0.2) is 32.1 Å². The maximum Gasteiger partial charge on any atom is 0.339 e. The van der Waals surface area contributed by atoms with Crippen molar-refractivity contribution < 1.29 is 24.1 Å². The van der Waals surface area contributed by atoms with Crippen LogP contribution in [0.1, 0.15) is 28.9 Å². The van der Waals surface area contributed by atoms with Crippen molar-refractivity contribution in [3.63, 3.8) is 0 Å². The van der Waals surface area contributed by atoms with Crippen molar-refractivity contribution in [3.8, 4) is 5.75 Å². The molecular formula is C12H16O5. The number of carboxylic acid groups (broad SMARTS) is 1. The molecule has 0 aliphatic rings. The first-order valence-electron chi connectivity index (χ1n) is 5.12. The zero-order valence-electron chi connectivity index (χ0n) is 10.1. The minimum Gasteiger partial charge on any atom is -0.478 e. The Kier molecular flexibility index (Phi) is 4.93. The normalized spacial score (nSPS) is 12.2. The van der Waals surface area contributed by atoms with Gasteiger partial charge in [-0.3, -0.25) is 0 Å². The van der Waals surface area contributed by atoms with Gasteiger partial charge in [-0.2, -0.15) is 0 Å². The van der Waals surface area contributed by atoms with E-state index in [1.165, 1.54) is 7.11 Å². The number of hydrogen-bond acceptors (Lipinski definition) is 4. The van der Waals surface area contributed by atoms with Gasteiger partial charge in [0.1, 0.15) is 11.3 Å². The summed E-state index contributed by atoms with van der Waals surface area (Å²) >= 11 is 0. The van der Waals surface area contributed by atoms with Crippen LogP contribution in [0.2, 0.25) is 0 Å². The average molecular weight is 240 g/mol. The molecule has 17 heavy (non-hydrogen) atoms. The minimum absolute atomic E-state index is 0.0134. The summed E-state index contributed by atoms with van der Waals surface area (Å²) in [7, 11) is 3.04. The Morgan fingerprint density at radius 2 is 2.12 bits per heavy atom. The fraction of sp³-hybridized carbons (Fsp3) is 0.417. The van der Waals surface area contributed by atoms with Gasteiger partial charge < -0.3 is 19.3 Å². The minimum atomic E-state index is -1.04. The fourth-order valence-electron chi connectivity index (χ4n) is 1.35. The van der Waals surface area contributed by atoms with Crippen LogP contribution in [0.3, 0.4) is 0 Å². The van der Waals surface area contributed by atoms with Gasteiger partial charge in [0.2, 0.25) is 0 Å². The van der Waals surface area contributed by atoms with Crippen LogP contribution in [0.4, 0.5) is 0 Å². The molecule has 5 heteroatoms. The molecule has 1 aromatic carbocycles. The maximum atomic E-state index is 11.1. The number of methoxy groups -OCH3 is 2. The number of hydrogen-bond donors (Lipinski definition) is 1. The van der Waals surface area contributed by atoms with E-state index in [0.717, 1.165) is 5.56 Å². The number of carbonyl (C=O) groups is 1. The summed E-state index contributed by atoms with van der Waals surface area (Å²) in [5.74, 6) is -0.757. The summed E-state index contributed by atoms with van der Waals surface area (Å²) in [6.07, 6.45) is -0.162. The smallest absolute Gasteiger partial charge is 0.339 e. The van der Waals surface area contributed by atoms with Gasteiger partial charge in [0.15, 0.2) is 6.79 Å². The average Bonchev–Trinajstić information content (AvgIpc) is 2.35. The first-order chi connectivity index (χ1) is 8.10. The lowest BCUT2D eigenvalue weighted by Crippen LogP contribution is -2.07. The predicted octanol–water partition coefficient (Wildman–Crippen LogP) is 2.07. The van der Waals surface area contributed by atoms with E-state index in [-0.39, 0.29) is 24.2 Å². The highest BCUT2D eigenvalue weighted by Gasteiger charge is 2.14. The highest BCUT2D eigenvalue weighted by molar-refractivity contribution is 5.91. The molecule has 5 nitrogen and oxygen atoms in total. The molecule has 1 rings (SSSR count). The van der Waals surface area contributed by atoms with Crippen LogP contribution in [-0.2, 0) is 9.47 Å². The molecule has 0 fully saturated rings. The largest absolute Gasteiger partial charge is 0.478 e. The molecule has 0 aliphatic heterocycles. The topological polar surface area (TPSA) is 65.0 Å². The number of carboxylic acids is 1. The number of benzene rings is 1. The molecule has 1 aromatic rings. The van der Waals surface area contributed by atoms with E-state index in [1.54, 1.807) is 25.3 Å². The first kappa shape index (κ1) is 13.5. The van der Waals surface area contributed by atoms with Gasteiger partial charge in [0.25, 0.3) is 0 Å². The van der Waals surface area contributed by atoms with Crippen molar-refractivity contribution in [2.45, 2.75) is 13.0 Å². The molecule has 0 saturated heterocycles. The third-order valence-electron chi connectivity index (χ3n) is 2.39. The lowest BCUT2D eigenvalue weighted by Gasteiger charge is -2.13. The monoisotopic (exact) mass is 240 g/mol. The van der Waals surface area contributed by atoms with Crippen LogP contribution < -0.4 is 4.74 Å². The van der Waals surface area contributed by atoms with E-state index in [1.807, 2.05) is 6.92 Å². The molecule has 0 bridgehead atoms. The molecule has 0 amide bonds. The second-order valence-electron chi connectivity index (χ2n) is 3.49. The number of aromatic carboxylic acids is 1. The van der Waals surface area contributed by atoms with Crippen LogP contribution in [0.5, 0.6) is 5.75 Å². The van der Waals surface area contributed by atoms with Crippen molar-refractivity contribution in [1.29, 1.82) is 0 Å². The Morgan fingerprint density at radius 1 is 1.41 bits per heavy atom. The third-order valence-corrected chi connectivity index (χ3v) is 2.39. The van der Waals surface area contributed by atoms with E-state index >= 15 is 0 Å². The molecule has 0 heterocycles. The quantitative estimate of drug-likeness (QED) is 0.771. The Morgan fingerprint density at radius 3 is 2.65 bits per heavy atom. The predicted molar refractivity (Wildman–Crippen MR) is 61.3 cm³/mol. The molecular weight excluding hydrogens is 224 g/mol. The molecule has 0 radical (unpaired) electrons. The van der Waals surface area contributed by atoms with Gasteiger partial charge in [-0.1, -0.05) is 6.07 Å². The standard InChI is InChI=1S/C12H16O5/c1-8(16-3)9-4-5-11(17-7-15-2)10(6-9)12(13)14/h4-6,8H,7H2,1-3H3,(H,13,14). The third kappa shape index (κ3) is 3.44. The first-order valence-corrected chi connectivity index (χ1v) is 5.12. The van der Waals surface area contributed by atoms with E-state index < -0.39 is 5.97 Å². The van der Waals surface area contributed by atoms with E-state index in [4.69, 9.17) is 19.3 Å². The Bertz CT molecular complexity index is 388. The van der Waals surface area contributed by atoms with E-state index in [2.05, 4.69) is 0 Å². The lowest BCUT2D eigenvalue weighted by molar-refractivity contribution is 0.0482. The van der Waals surface area contributed by atoms with Crippen molar-refractivity contribution in [1.82, 2.24) is 0 Å². The second-order valence-corrected chi connectivity index (χ2v) is 3.49. The second kappa shape index (κ2) is 6.22. The summed E-state index contributed by atoms with van der Waals surface area (Å²) in [6, 6.07) is 4.92. The van der Waals surface area contributed by atoms with E-state index in [9.17, 15) is 4.79 Å². The number of ether oxygens (including phenoxy) is 3. The van der Waals surface area contributed by atoms with E-state index in [0.29, 0.717) is 0 Å². The summed E-state index contributed by atoms with van der Waals surface area (Å²) in [5, 5.41) is 9.08. The van der Waals surface area contributed by atoms with Crippen molar-refractivity contribution in [2.24, 2.45) is 0 Å². The Labute approximate surface area is 99.9 Å². The highest BCUT2D eigenvalue weighted by Crippen LogP contribution is 2.25. The van der Waals surface area contributed by atoms with Gasteiger partial charge in [-0.15, -0.1) is 0 Å². The molecule has 0 spiro atoms. The molecule has 94 valence electrons. The van der Waals surface area contributed by atoms with Crippen LogP contribution in [0, 0.1) is 0 Å². The van der Waals surface area contributed by atoms with Gasteiger partial charge in [-0.05, 0) is 24.6 Å². The SMILES string of the molecule is COCOc1ccc(C(C)OC)cc1C(=O)O. The molecule has 1 atom stereocenters. The van der Waals surface area contributed by atoms with Gasteiger partial charge in [0, 0.05) is 14.2 Å². The lowest BCUT2D eigenvalue weighted by atomic mass is 10.1. The number of rotatable bonds is 6. The highest BCUT2D eigenvalue weighted by atomic mass is 16.7. The summed E-state index contributed by atoms with van der Waals surface area (Å²) in [5.41, 5.74) is 0.887. The maximum absolute atomic E-state index is 11.1. The Hall–Kier alpha value is -1.59. The van der Waals surface area contributed by atoms with Crippen molar-refractivity contribution in [2.75, 3.05) is 21.0 Å². The molecule has 1 unspecified atom stereocenters.